The van der Waals surface area contributed by atoms with Crippen LogP contribution in [0.4, 0.5) is 14.9 Å². The van der Waals surface area contributed by atoms with Crippen molar-refractivity contribution in [3.8, 4) is 0 Å². The van der Waals surface area contributed by atoms with Gasteiger partial charge in [0.1, 0.15) is 5.82 Å². The Hall–Kier alpha value is -2.60. The molecule has 0 radical (unpaired) electrons. The molecule has 6 heteroatoms. The molecule has 3 rings (SSSR count). The van der Waals surface area contributed by atoms with Gasteiger partial charge in [0.25, 0.3) is 0 Å². The number of piperazine rings is 1. The van der Waals surface area contributed by atoms with Crippen molar-refractivity contribution in [1.82, 2.24) is 15.5 Å². The second-order valence-electron chi connectivity index (χ2n) is 7.76. The maximum atomic E-state index is 13.3. The molecular weight excluding hydrogens is 367 g/mol. The van der Waals surface area contributed by atoms with Crippen molar-refractivity contribution in [2.75, 3.05) is 37.6 Å². The first-order chi connectivity index (χ1) is 14.0. The second kappa shape index (κ2) is 10.3. The molecule has 29 heavy (non-hydrogen) atoms. The molecule has 0 aliphatic carbocycles. The molecular formula is C23H31FN4O. The van der Waals surface area contributed by atoms with Gasteiger partial charge >= 0.3 is 6.03 Å². The molecule has 1 heterocycles. The summed E-state index contributed by atoms with van der Waals surface area (Å²) in [5.41, 5.74) is 2.77. The highest BCUT2D eigenvalue weighted by molar-refractivity contribution is 5.74. The summed E-state index contributed by atoms with van der Waals surface area (Å²) in [5.74, 6) is -0.226. The number of halogens is 1. The summed E-state index contributed by atoms with van der Waals surface area (Å²) >= 11 is 0. The lowest BCUT2D eigenvalue weighted by atomic mass is 10.1. The minimum absolute atomic E-state index is 0.0945. The summed E-state index contributed by atoms with van der Waals surface area (Å²) in [4.78, 5) is 17.0. The number of carbonyl (C=O) groups excluding carboxylic acids is 1. The fourth-order valence-electron chi connectivity index (χ4n) is 3.59. The highest BCUT2D eigenvalue weighted by atomic mass is 19.1. The van der Waals surface area contributed by atoms with Crippen molar-refractivity contribution in [3.05, 3.63) is 65.5 Å². The van der Waals surface area contributed by atoms with Crippen molar-refractivity contribution in [2.45, 2.75) is 32.9 Å². The molecule has 1 fully saturated rings. The fraction of sp³-hybridized carbons (Fsp3) is 0.435. The van der Waals surface area contributed by atoms with E-state index in [-0.39, 0.29) is 17.9 Å². The normalized spacial score (nSPS) is 15.8. The Kier molecular flexibility index (Phi) is 7.47. The van der Waals surface area contributed by atoms with Crippen molar-refractivity contribution in [2.24, 2.45) is 0 Å². The maximum absolute atomic E-state index is 13.3. The van der Waals surface area contributed by atoms with E-state index in [4.69, 9.17) is 0 Å². The van der Waals surface area contributed by atoms with Gasteiger partial charge in [-0.1, -0.05) is 30.3 Å². The van der Waals surface area contributed by atoms with Crippen LogP contribution in [0, 0.1) is 12.7 Å². The minimum Gasteiger partial charge on any atom is -0.369 e. The average molecular weight is 399 g/mol. The van der Waals surface area contributed by atoms with E-state index >= 15 is 0 Å². The van der Waals surface area contributed by atoms with Crippen molar-refractivity contribution in [3.63, 3.8) is 0 Å². The summed E-state index contributed by atoms with van der Waals surface area (Å²) < 4.78 is 13.3. The smallest absolute Gasteiger partial charge is 0.315 e. The predicted molar refractivity (Wildman–Crippen MR) is 116 cm³/mol. The van der Waals surface area contributed by atoms with E-state index in [0.717, 1.165) is 44.7 Å². The molecule has 0 aromatic heterocycles. The molecule has 2 amide bonds. The largest absolute Gasteiger partial charge is 0.369 e. The van der Waals surface area contributed by atoms with Crippen LogP contribution >= 0.6 is 0 Å². The van der Waals surface area contributed by atoms with Crippen LogP contribution in [0.5, 0.6) is 0 Å². The van der Waals surface area contributed by atoms with Crippen molar-refractivity contribution >= 4 is 11.7 Å². The van der Waals surface area contributed by atoms with Crippen molar-refractivity contribution in [1.29, 1.82) is 0 Å². The van der Waals surface area contributed by atoms with Gasteiger partial charge in [0, 0.05) is 51.0 Å². The number of hydrogen-bond acceptors (Lipinski definition) is 3. The third-order valence-corrected chi connectivity index (χ3v) is 5.42. The lowest BCUT2D eigenvalue weighted by Crippen LogP contribution is -2.48. The molecule has 0 saturated carbocycles. The number of aryl methyl sites for hydroxylation is 1. The van der Waals surface area contributed by atoms with E-state index < -0.39 is 0 Å². The van der Waals surface area contributed by atoms with Crippen LogP contribution in [-0.4, -0.2) is 49.7 Å². The number of carbonyl (C=O) groups is 1. The first kappa shape index (κ1) is 21.1. The lowest BCUT2D eigenvalue weighted by Gasteiger charge is -2.36. The van der Waals surface area contributed by atoms with Crippen LogP contribution < -0.4 is 15.5 Å². The van der Waals surface area contributed by atoms with Gasteiger partial charge in [-0.3, -0.25) is 4.90 Å². The Bertz CT molecular complexity index is 791. The quantitative estimate of drug-likeness (QED) is 0.750. The van der Waals surface area contributed by atoms with Crippen LogP contribution in [-0.2, 0) is 6.54 Å². The second-order valence-corrected chi connectivity index (χ2v) is 7.76. The fourth-order valence-corrected chi connectivity index (χ4v) is 3.59. The summed E-state index contributed by atoms with van der Waals surface area (Å²) in [6.07, 6.45) is 0.911. The number of amides is 2. The number of urea groups is 1. The van der Waals surface area contributed by atoms with Gasteiger partial charge < -0.3 is 15.5 Å². The van der Waals surface area contributed by atoms with Gasteiger partial charge in [-0.15, -0.1) is 0 Å². The van der Waals surface area contributed by atoms with E-state index in [0.29, 0.717) is 12.1 Å². The molecule has 0 bridgehead atoms. The molecule has 1 aliphatic heterocycles. The van der Waals surface area contributed by atoms with E-state index in [1.807, 2.05) is 13.0 Å². The molecule has 2 aromatic carbocycles. The first-order valence-corrected chi connectivity index (χ1v) is 10.3. The van der Waals surface area contributed by atoms with Crippen LogP contribution in [0.1, 0.15) is 24.5 Å². The van der Waals surface area contributed by atoms with Gasteiger partial charge in [0.05, 0.1) is 0 Å². The zero-order chi connectivity index (χ0) is 20.6. The van der Waals surface area contributed by atoms with Gasteiger partial charge in [0.15, 0.2) is 0 Å². The highest BCUT2D eigenvalue weighted by Crippen LogP contribution is 2.15. The molecule has 156 valence electrons. The summed E-state index contributed by atoms with van der Waals surface area (Å²) in [6, 6.07) is 15.3. The molecule has 0 spiro atoms. The summed E-state index contributed by atoms with van der Waals surface area (Å²) in [6.45, 7) is 9.26. The van der Waals surface area contributed by atoms with Crippen LogP contribution in [0.25, 0.3) is 0 Å². The Balaban J connectivity index is 1.33. The molecule has 5 nitrogen and oxygen atoms in total. The number of para-hydroxylation sites is 1. The Labute approximate surface area is 172 Å². The van der Waals surface area contributed by atoms with E-state index in [2.05, 4.69) is 44.7 Å². The zero-order valence-electron chi connectivity index (χ0n) is 17.3. The van der Waals surface area contributed by atoms with Gasteiger partial charge in [-0.05, 0) is 49.6 Å². The van der Waals surface area contributed by atoms with Crippen molar-refractivity contribution < 1.29 is 9.18 Å². The van der Waals surface area contributed by atoms with E-state index in [9.17, 15) is 9.18 Å². The summed E-state index contributed by atoms with van der Waals surface area (Å²) in [5, 5.41) is 5.83. The molecule has 1 aliphatic rings. The number of anilines is 1. The third-order valence-electron chi connectivity index (χ3n) is 5.42. The highest BCUT2D eigenvalue weighted by Gasteiger charge is 2.17. The third kappa shape index (κ3) is 6.46. The topological polar surface area (TPSA) is 47.6 Å². The Morgan fingerprint density at radius 1 is 1.10 bits per heavy atom. The molecule has 2 aromatic rings. The van der Waals surface area contributed by atoms with Gasteiger partial charge in [0.2, 0.25) is 0 Å². The molecule has 1 saturated heterocycles. The molecule has 1 atom stereocenters. The SMILES string of the molecule is Cc1cc(CNC(=O)NC(C)CCN2CCN(c3ccccc3)CC2)ccc1F. The zero-order valence-corrected chi connectivity index (χ0v) is 17.3. The maximum Gasteiger partial charge on any atom is 0.315 e. The number of benzene rings is 2. The number of rotatable bonds is 7. The summed E-state index contributed by atoms with van der Waals surface area (Å²) in [7, 11) is 0. The van der Waals surface area contributed by atoms with Crippen LogP contribution in [0.3, 0.4) is 0 Å². The Morgan fingerprint density at radius 2 is 1.83 bits per heavy atom. The van der Waals surface area contributed by atoms with Crippen LogP contribution in [0.2, 0.25) is 0 Å². The van der Waals surface area contributed by atoms with E-state index in [1.165, 1.54) is 11.8 Å². The number of hydrogen-bond donors (Lipinski definition) is 2. The van der Waals surface area contributed by atoms with Gasteiger partial charge in [-0.2, -0.15) is 0 Å². The molecule has 1 unspecified atom stereocenters. The predicted octanol–water partition coefficient (Wildman–Crippen LogP) is 3.53. The average Bonchev–Trinajstić information content (AvgIpc) is 2.74. The molecule has 2 N–H and O–H groups in total. The number of nitrogens with zero attached hydrogens (tertiary/aromatic N) is 2. The minimum atomic E-state index is -0.226. The standard InChI is InChI=1S/C23H31FN4O/c1-18-16-20(8-9-22(18)24)17-25-23(29)26-19(2)10-11-27-12-14-28(15-13-27)21-6-4-3-5-7-21/h3-9,16,19H,10-15,17H2,1-2H3,(H2,25,26,29). The number of nitrogens with one attached hydrogen (secondary N) is 2. The lowest BCUT2D eigenvalue weighted by molar-refractivity contribution is 0.227. The van der Waals surface area contributed by atoms with E-state index in [1.54, 1.807) is 19.1 Å². The first-order valence-electron chi connectivity index (χ1n) is 10.3. The van der Waals surface area contributed by atoms with Gasteiger partial charge in [-0.25, -0.2) is 9.18 Å². The monoisotopic (exact) mass is 398 g/mol. The van der Waals surface area contributed by atoms with Crippen LogP contribution in [0.15, 0.2) is 48.5 Å². The Morgan fingerprint density at radius 3 is 2.52 bits per heavy atom.